The van der Waals surface area contributed by atoms with Gasteiger partial charge in [-0.05, 0) is 0 Å². The zero-order valence-electron chi connectivity index (χ0n) is 61.5. The standard InChI is InChI=1S/C89H113GeO/c1-76(2)26-32-82(13,14)68-44-56-50(38-62(68)76)74-51-39-63-69(83(15,16)33-27-77(63,3)4)45-57(51)88(56,58-46-70-64(40-52(58)74)78(5,6)28-34-84(70,17)18)90(91-25)89-59-47-71-65(79(7,8)29-35-85(71,19)20)41-53(59)75(54-42-66-72(48-60(54)89)86(21,22)36-30-80(66,9)10)55-43-67-73(49-61(55)89)87(23,24)37-31-81(67,11)12/h38-49,74-75H,26-37H2,1-25H3. The van der Waals surface area contributed by atoms with Crippen molar-refractivity contribution in [2.45, 2.75) is 329 Å². The molecule has 0 amide bonds. The van der Waals surface area contributed by atoms with E-state index in [-0.39, 0.29) is 76.8 Å². The van der Waals surface area contributed by atoms with Crippen LogP contribution < -0.4 is 0 Å². The van der Waals surface area contributed by atoms with Crippen LogP contribution in [0.3, 0.4) is 0 Å². The molecule has 0 aliphatic heterocycles. The Labute approximate surface area is 556 Å². The Morgan fingerprint density at radius 2 is 0.330 bits per heavy atom. The van der Waals surface area contributed by atoms with Gasteiger partial charge in [-0.1, -0.05) is 0 Å². The molecule has 6 aromatic rings. The zero-order chi connectivity index (χ0) is 65.3. The van der Waals surface area contributed by atoms with Crippen molar-refractivity contribution in [3.8, 4) is 0 Å². The third-order valence-corrected chi connectivity index (χ3v) is 36.4. The van der Waals surface area contributed by atoms with E-state index in [0.717, 1.165) is 0 Å². The monoisotopic (exact) mass is 1270 g/mol. The Morgan fingerprint density at radius 1 is 0.209 bits per heavy atom. The molecule has 0 fully saturated rings. The summed E-state index contributed by atoms with van der Waals surface area (Å²) in [5, 5.41) is 0. The molecule has 18 rings (SSSR count). The summed E-state index contributed by atoms with van der Waals surface area (Å²) >= 11 is -3.73. The summed E-state index contributed by atoms with van der Waals surface area (Å²) in [4.78, 5) is 0. The maximum atomic E-state index is 8.80. The van der Waals surface area contributed by atoms with Gasteiger partial charge in [-0.15, -0.1) is 0 Å². The fourth-order valence-electron chi connectivity index (χ4n) is 22.4. The SMILES string of the molecule is C[O][Ge]([C]12c3cc4c(cc3C(c3cc5c(cc31)C(C)(C)CCC5(C)C)c1cc3c(cc12)C(C)(C)CCC3(C)C)C(C)(C)CCC4(C)C)[C]12c3cc4c(cc3C(c3cc5c(cc31)C(C)(C)CCC5(C)C)c1cc3c(cc12)C(C)(C)CCC3(C)C)C(C)(C)CCC4(C)C. The second-order valence-corrected chi connectivity index (χ2v) is 45.8. The van der Waals surface area contributed by atoms with Crippen LogP contribution >= 0.6 is 0 Å². The second kappa shape index (κ2) is 17.9. The van der Waals surface area contributed by atoms with Crippen molar-refractivity contribution >= 4 is 14.7 Å². The topological polar surface area (TPSA) is 9.23 Å². The molecule has 1 radical (unpaired) electrons. The van der Waals surface area contributed by atoms with Crippen LogP contribution in [0.1, 0.15) is 389 Å². The van der Waals surface area contributed by atoms with Gasteiger partial charge in [0.1, 0.15) is 0 Å². The normalized spacial score (nSPS) is 29.5. The van der Waals surface area contributed by atoms with E-state index in [1.165, 1.54) is 77.0 Å². The Kier molecular flexibility index (Phi) is 12.1. The fraction of sp³-hybridized carbons (Fsp3) is 0.596. The molecular weight excluding hydrogens is 1160 g/mol. The van der Waals surface area contributed by atoms with E-state index < -0.39 is 23.2 Å². The van der Waals surface area contributed by atoms with Crippen molar-refractivity contribution in [3.63, 3.8) is 0 Å². The van der Waals surface area contributed by atoms with Crippen molar-refractivity contribution in [1.82, 2.24) is 0 Å². The van der Waals surface area contributed by atoms with Gasteiger partial charge in [0, 0.05) is 0 Å². The molecule has 1 nitrogen and oxygen atoms in total. The van der Waals surface area contributed by atoms with Gasteiger partial charge >= 0.3 is 560 Å². The van der Waals surface area contributed by atoms with Crippen LogP contribution in [0.5, 0.6) is 0 Å². The molecule has 0 spiro atoms. The van der Waals surface area contributed by atoms with E-state index >= 15 is 0 Å². The van der Waals surface area contributed by atoms with Crippen molar-refractivity contribution in [1.29, 1.82) is 0 Å². The third-order valence-electron chi connectivity index (χ3n) is 29.3. The minimum atomic E-state index is -3.73. The molecule has 2 heteroatoms. The van der Waals surface area contributed by atoms with Gasteiger partial charge in [0.15, 0.2) is 0 Å². The molecule has 0 aromatic heterocycles. The van der Waals surface area contributed by atoms with Crippen molar-refractivity contribution in [3.05, 3.63) is 206 Å². The Balaban J connectivity index is 1.18. The maximum absolute atomic E-state index is 8.80. The molecule has 6 aromatic carbocycles. The molecule has 0 atom stereocenters. The first-order valence-electron chi connectivity index (χ1n) is 36.5. The Morgan fingerprint density at radius 3 is 0.451 bits per heavy atom. The van der Waals surface area contributed by atoms with Crippen LogP contribution in [-0.2, 0) is 77.2 Å². The van der Waals surface area contributed by atoms with Crippen LogP contribution in [0.4, 0.5) is 0 Å². The van der Waals surface area contributed by atoms with Gasteiger partial charge in [0.2, 0.25) is 0 Å². The molecule has 479 valence electrons. The molecule has 0 heterocycles. The van der Waals surface area contributed by atoms with Crippen LogP contribution in [0.2, 0.25) is 0 Å². The van der Waals surface area contributed by atoms with Gasteiger partial charge in [0.25, 0.3) is 0 Å². The summed E-state index contributed by atoms with van der Waals surface area (Å²) in [5.74, 6) is 0.210. The number of rotatable bonds is 3. The van der Waals surface area contributed by atoms with E-state index in [9.17, 15) is 0 Å². The molecule has 4 bridgehead atoms. The molecule has 0 unspecified atom stereocenters. The second-order valence-electron chi connectivity index (χ2n) is 40.4. The fourth-order valence-corrected chi connectivity index (χ4v) is 30.6. The first-order chi connectivity index (χ1) is 41.9. The van der Waals surface area contributed by atoms with Gasteiger partial charge in [-0.3, -0.25) is 0 Å². The van der Waals surface area contributed by atoms with Crippen molar-refractivity contribution in [2.75, 3.05) is 7.11 Å². The number of hydrogen-bond acceptors (Lipinski definition) is 1. The van der Waals surface area contributed by atoms with E-state index in [0.29, 0.717) is 0 Å². The summed E-state index contributed by atoms with van der Waals surface area (Å²) in [7, 11) is 2.29. The molecule has 0 saturated carbocycles. The molecule has 0 N–H and O–H groups in total. The van der Waals surface area contributed by atoms with E-state index in [1.807, 2.05) is 0 Å². The average Bonchev–Trinajstić information content (AvgIpc) is 0.640. The molecule has 12 aliphatic carbocycles. The van der Waals surface area contributed by atoms with E-state index in [1.54, 1.807) is 134 Å². The summed E-state index contributed by atoms with van der Waals surface area (Å²) < 4.78 is 7.56. The van der Waals surface area contributed by atoms with Crippen LogP contribution in [0.25, 0.3) is 0 Å². The number of hydrogen-bond donors (Lipinski definition) is 0. The van der Waals surface area contributed by atoms with Crippen LogP contribution in [-0.4, -0.2) is 21.8 Å². The van der Waals surface area contributed by atoms with Gasteiger partial charge < -0.3 is 0 Å². The zero-order valence-corrected chi connectivity index (χ0v) is 63.6. The third kappa shape index (κ3) is 7.70. The molecule has 0 saturated heterocycles. The quantitative estimate of drug-likeness (QED) is 0.161. The van der Waals surface area contributed by atoms with Crippen molar-refractivity contribution in [2.24, 2.45) is 0 Å². The first-order valence-corrected chi connectivity index (χ1v) is 39.5. The van der Waals surface area contributed by atoms with Crippen LogP contribution in [0, 0.1) is 0 Å². The first kappa shape index (κ1) is 61.7. The van der Waals surface area contributed by atoms with E-state index in [4.69, 9.17) is 3.76 Å². The van der Waals surface area contributed by atoms with Crippen molar-refractivity contribution < 1.29 is 3.76 Å². The number of fused-ring (bicyclic) bond motifs is 6. The molecule has 91 heavy (non-hydrogen) atoms. The van der Waals surface area contributed by atoms with Gasteiger partial charge in [-0.2, -0.15) is 0 Å². The Hall–Kier alpha value is -4.18. The van der Waals surface area contributed by atoms with E-state index in [2.05, 4.69) is 246 Å². The van der Waals surface area contributed by atoms with Crippen LogP contribution in [0.15, 0.2) is 72.8 Å². The minimum absolute atomic E-state index is 0.000273. The summed E-state index contributed by atoms with van der Waals surface area (Å²) in [6.45, 7) is 62.3. The summed E-state index contributed by atoms with van der Waals surface area (Å²) in [6, 6.07) is 35.0. The van der Waals surface area contributed by atoms with Gasteiger partial charge in [-0.25, -0.2) is 0 Å². The Bertz CT molecular complexity index is 3560. The summed E-state index contributed by atoms with van der Waals surface area (Å²) in [6.07, 6.45) is 14.3. The predicted molar refractivity (Wildman–Crippen MR) is 385 cm³/mol. The molecular formula is C89H113GeO. The average molecular weight is 1270 g/mol. The summed E-state index contributed by atoms with van der Waals surface area (Å²) in [5.41, 5.74) is 38.4. The molecule has 12 aliphatic rings. The number of benzene rings is 6. The predicted octanol–water partition coefficient (Wildman–Crippen LogP) is 22.5. The van der Waals surface area contributed by atoms with Gasteiger partial charge in [0.05, 0.1) is 0 Å².